The highest BCUT2D eigenvalue weighted by Crippen LogP contribution is 2.77. The highest BCUT2D eigenvalue weighted by Gasteiger charge is 2.72. The van der Waals surface area contributed by atoms with Crippen molar-refractivity contribution in [3.63, 3.8) is 0 Å². The van der Waals surface area contributed by atoms with Crippen molar-refractivity contribution < 1.29 is 19.8 Å². The summed E-state index contributed by atoms with van der Waals surface area (Å²) in [4.78, 5) is 25.4. The van der Waals surface area contributed by atoms with E-state index < -0.39 is 11.4 Å². The molecule has 0 aromatic heterocycles. The Labute approximate surface area is 200 Å². The van der Waals surface area contributed by atoms with E-state index in [1.54, 1.807) is 6.92 Å². The zero-order valence-electron chi connectivity index (χ0n) is 21.7. The van der Waals surface area contributed by atoms with Crippen LogP contribution in [-0.4, -0.2) is 28.1 Å². The number of carboxylic acid groups (broad SMARTS) is 1. The second-order valence-corrected chi connectivity index (χ2v) is 14.3. The van der Waals surface area contributed by atoms with Gasteiger partial charge in [0, 0.05) is 5.92 Å². The molecule has 0 heterocycles. The summed E-state index contributed by atoms with van der Waals surface area (Å²) in [6, 6.07) is 0. The van der Waals surface area contributed by atoms with Gasteiger partial charge < -0.3 is 10.2 Å². The summed E-state index contributed by atoms with van der Waals surface area (Å²) in [5, 5.41) is 21.3. The molecule has 5 unspecified atom stereocenters. The van der Waals surface area contributed by atoms with Crippen molar-refractivity contribution in [1.29, 1.82) is 0 Å². The van der Waals surface area contributed by atoms with E-state index in [0.717, 1.165) is 51.4 Å². The number of rotatable bonds is 2. The molecule has 0 amide bonds. The van der Waals surface area contributed by atoms with Crippen molar-refractivity contribution in [1.82, 2.24) is 0 Å². The molecule has 0 spiro atoms. The SMILES string of the molecule is CC(=O)C1CC[C@]2(C(=O)O)CC[C@]3(C)C(CCC4[C@@]5(C)CC[C@H](O)C(C)(C)C5CC[C@]43C)C12. The van der Waals surface area contributed by atoms with Crippen LogP contribution in [-0.2, 0) is 9.59 Å². The molecular formula is C29H46O4. The maximum absolute atomic E-state index is 12.7. The van der Waals surface area contributed by atoms with Crippen molar-refractivity contribution in [2.24, 2.45) is 56.7 Å². The Morgan fingerprint density at radius 3 is 2.09 bits per heavy atom. The third kappa shape index (κ3) is 2.74. The second-order valence-electron chi connectivity index (χ2n) is 14.3. The van der Waals surface area contributed by atoms with Crippen molar-refractivity contribution in [3.8, 4) is 0 Å². The van der Waals surface area contributed by atoms with Crippen LogP contribution in [0.2, 0.25) is 0 Å². The number of ketones is 1. The van der Waals surface area contributed by atoms with Gasteiger partial charge >= 0.3 is 5.97 Å². The Morgan fingerprint density at radius 2 is 1.45 bits per heavy atom. The predicted molar refractivity (Wildman–Crippen MR) is 128 cm³/mol. The number of aliphatic carboxylic acids is 1. The summed E-state index contributed by atoms with van der Waals surface area (Å²) in [6.45, 7) is 13.8. The number of carboxylic acids is 1. The Morgan fingerprint density at radius 1 is 0.758 bits per heavy atom. The highest BCUT2D eigenvalue weighted by molar-refractivity contribution is 5.83. The lowest BCUT2D eigenvalue weighted by atomic mass is 9.32. The van der Waals surface area contributed by atoms with Crippen LogP contribution < -0.4 is 0 Å². The molecule has 5 fully saturated rings. The fraction of sp³-hybridized carbons (Fsp3) is 0.931. The molecule has 0 saturated heterocycles. The Hall–Kier alpha value is -0.900. The summed E-state index contributed by atoms with van der Waals surface area (Å²) in [6.07, 6.45) is 9.44. The van der Waals surface area contributed by atoms with E-state index >= 15 is 0 Å². The number of aliphatic hydroxyl groups is 1. The number of hydrogen-bond donors (Lipinski definition) is 2. The molecular weight excluding hydrogens is 412 g/mol. The average Bonchev–Trinajstić information content (AvgIpc) is 3.13. The second kappa shape index (κ2) is 7.08. The zero-order valence-corrected chi connectivity index (χ0v) is 21.7. The Kier molecular flexibility index (Phi) is 5.11. The van der Waals surface area contributed by atoms with E-state index in [0.29, 0.717) is 24.2 Å². The van der Waals surface area contributed by atoms with Gasteiger partial charge in [-0.1, -0.05) is 34.6 Å². The van der Waals surface area contributed by atoms with E-state index in [2.05, 4.69) is 34.6 Å². The van der Waals surface area contributed by atoms with Crippen LogP contribution in [0.15, 0.2) is 0 Å². The molecule has 4 nitrogen and oxygen atoms in total. The van der Waals surface area contributed by atoms with E-state index in [4.69, 9.17) is 0 Å². The molecule has 0 bridgehead atoms. The number of carbonyl (C=O) groups excluding carboxylic acids is 1. The van der Waals surface area contributed by atoms with E-state index in [-0.39, 0.29) is 45.4 Å². The van der Waals surface area contributed by atoms with Gasteiger partial charge in [-0.05, 0) is 116 Å². The summed E-state index contributed by atoms with van der Waals surface area (Å²) in [7, 11) is 0. The highest BCUT2D eigenvalue weighted by atomic mass is 16.4. The zero-order chi connectivity index (χ0) is 24.2. The Bertz CT molecular complexity index is 864. The van der Waals surface area contributed by atoms with Gasteiger partial charge in [0.25, 0.3) is 0 Å². The van der Waals surface area contributed by atoms with Crippen LogP contribution in [0.1, 0.15) is 106 Å². The van der Waals surface area contributed by atoms with Crippen molar-refractivity contribution in [3.05, 3.63) is 0 Å². The van der Waals surface area contributed by atoms with E-state index in [1.165, 1.54) is 6.42 Å². The third-order valence-corrected chi connectivity index (χ3v) is 13.4. The molecule has 0 radical (unpaired) electrons. The first kappa shape index (κ1) is 23.8. The quantitative estimate of drug-likeness (QED) is 0.524. The monoisotopic (exact) mass is 458 g/mol. The van der Waals surface area contributed by atoms with Gasteiger partial charge in [0.15, 0.2) is 0 Å². The van der Waals surface area contributed by atoms with E-state index in [1.807, 2.05) is 0 Å². The molecule has 5 aliphatic rings. The van der Waals surface area contributed by atoms with Crippen LogP contribution in [0.4, 0.5) is 0 Å². The van der Waals surface area contributed by atoms with E-state index in [9.17, 15) is 19.8 Å². The first-order chi connectivity index (χ1) is 15.3. The molecule has 186 valence electrons. The van der Waals surface area contributed by atoms with Gasteiger partial charge in [0.2, 0.25) is 0 Å². The Balaban J connectivity index is 1.57. The number of aliphatic hydroxyl groups excluding tert-OH is 1. The van der Waals surface area contributed by atoms with Crippen LogP contribution >= 0.6 is 0 Å². The summed E-state index contributed by atoms with van der Waals surface area (Å²) < 4.78 is 0. The van der Waals surface area contributed by atoms with Crippen LogP contribution in [0.3, 0.4) is 0 Å². The molecule has 2 N–H and O–H groups in total. The predicted octanol–water partition coefficient (Wildman–Crippen LogP) is 6.10. The lowest BCUT2D eigenvalue weighted by molar-refractivity contribution is -0.248. The minimum atomic E-state index is -0.693. The van der Waals surface area contributed by atoms with Gasteiger partial charge in [0.05, 0.1) is 11.5 Å². The summed E-state index contributed by atoms with van der Waals surface area (Å²) >= 11 is 0. The number of fused-ring (bicyclic) bond motifs is 7. The standard InChI is InChI=1S/C29H46O4/c1-17(30)18-9-14-29(24(32)33)16-15-27(5)19(23(18)29)7-8-21-26(4)12-11-22(31)25(2,3)20(26)10-13-28(21,27)6/h18-23,31H,7-16H2,1-6H3,(H,32,33)/t18?,19?,20?,21?,22-,23?,26-,27+,28+,29-/m0/s1. The van der Waals surface area contributed by atoms with Crippen LogP contribution in [0, 0.1) is 56.7 Å². The lowest BCUT2D eigenvalue weighted by Gasteiger charge is -2.72. The maximum Gasteiger partial charge on any atom is 0.309 e. The molecule has 4 heteroatoms. The lowest BCUT2D eigenvalue weighted by Crippen LogP contribution is -2.67. The van der Waals surface area contributed by atoms with Gasteiger partial charge in [0.1, 0.15) is 5.78 Å². The van der Waals surface area contributed by atoms with Crippen molar-refractivity contribution in [2.45, 2.75) is 112 Å². The number of carbonyl (C=O) groups is 2. The fourth-order valence-corrected chi connectivity index (χ4v) is 11.4. The van der Waals surface area contributed by atoms with Gasteiger partial charge in [-0.25, -0.2) is 0 Å². The summed E-state index contributed by atoms with van der Waals surface area (Å²) in [5.41, 5.74) is -0.287. The molecule has 0 aromatic carbocycles. The largest absolute Gasteiger partial charge is 0.481 e. The summed E-state index contributed by atoms with van der Waals surface area (Å²) in [5.74, 6) is 0.932. The average molecular weight is 459 g/mol. The van der Waals surface area contributed by atoms with Gasteiger partial charge in [-0.2, -0.15) is 0 Å². The fourth-order valence-electron chi connectivity index (χ4n) is 11.4. The van der Waals surface area contributed by atoms with Gasteiger partial charge in [-0.3, -0.25) is 9.59 Å². The van der Waals surface area contributed by atoms with Crippen LogP contribution in [0.25, 0.3) is 0 Å². The molecule has 5 saturated carbocycles. The normalized spacial score (nSPS) is 55.0. The van der Waals surface area contributed by atoms with Crippen molar-refractivity contribution >= 4 is 11.8 Å². The first-order valence-electron chi connectivity index (χ1n) is 13.7. The topological polar surface area (TPSA) is 74.6 Å². The van der Waals surface area contributed by atoms with Crippen molar-refractivity contribution in [2.75, 3.05) is 0 Å². The molecule has 5 aliphatic carbocycles. The van der Waals surface area contributed by atoms with Crippen LogP contribution in [0.5, 0.6) is 0 Å². The number of Topliss-reactive ketones (excluding diaryl/α,β-unsaturated/α-hetero) is 1. The molecule has 0 aliphatic heterocycles. The molecule has 10 atom stereocenters. The first-order valence-corrected chi connectivity index (χ1v) is 13.7. The molecule has 5 rings (SSSR count). The smallest absolute Gasteiger partial charge is 0.309 e. The third-order valence-electron chi connectivity index (χ3n) is 13.4. The minimum Gasteiger partial charge on any atom is -0.481 e. The molecule has 33 heavy (non-hydrogen) atoms. The number of hydrogen-bond acceptors (Lipinski definition) is 3. The van der Waals surface area contributed by atoms with Gasteiger partial charge in [-0.15, -0.1) is 0 Å². The minimum absolute atomic E-state index is 0.000765. The molecule has 0 aromatic rings. The maximum atomic E-state index is 12.7.